The Bertz CT molecular complexity index is 970. The van der Waals surface area contributed by atoms with Gasteiger partial charge in [-0.3, -0.25) is 4.79 Å². The molecule has 2 aromatic carbocycles. The van der Waals surface area contributed by atoms with E-state index in [4.69, 9.17) is 4.74 Å². The number of rotatable bonds is 8. The number of hydrogen-bond acceptors (Lipinski definition) is 5. The maximum atomic E-state index is 13.4. The number of carbonyl (C=O) groups excluding carboxylic acids is 1. The first-order valence-corrected chi connectivity index (χ1v) is 11.7. The first-order chi connectivity index (χ1) is 16.4. The van der Waals surface area contributed by atoms with Crippen molar-refractivity contribution in [1.29, 1.82) is 0 Å². The molecule has 0 radical (unpaired) electrons. The summed E-state index contributed by atoms with van der Waals surface area (Å²) in [5, 5.41) is 12.4. The summed E-state index contributed by atoms with van der Waals surface area (Å²) in [5.41, 5.74) is 1.57. The Hall–Kier alpha value is -2.62. The summed E-state index contributed by atoms with van der Waals surface area (Å²) in [7, 11) is 1.84. The summed E-state index contributed by atoms with van der Waals surface area (Å²) < 4.78 is 46.7. The third-order valence-corrected chi connectivity index (χ3v) is 6.50. The Morgan fingerprint density at radius 2 is 1.91 bits per heavy atom. The maximum absolute atomic E-state index is 13.4. The van der Waals surface area contributed by atoms with Crippen LogP contribution in [0.15, 0.2) is 48.5 Å². The van der Waals surface area contributed by atoms with E-state index in [2.05, 4.69) is 21.3 Å². The van der Waals surface area contributed by atoms with Crippen molar-refractivity contribution in [2.45, 2.75) is 37.3 Å². The van der Waals surface area contributed by atoms with Gasteiger partial charge in [0.15, 0.2) is 0 Å². The molecule has 1 saturated heterocycles. The molecule has 34 heavy (non-hydrogen) atoms. The van der Waals surface area contributed by atoms with Crippen molar-refractivity contribution >= 4 is 11.6 Å². The number of ether oxygens (including phenoxy) is 1. The number of likely N-dealkylation sites (N-methyl/N-ethyl adjacent to an activating group) is 1. The molecule has 4 atom stereocenters. The minimum atomic E-state index is -4.43. The summed E-state index contributed by atoms with van der Waals surface area (Å²) in [6, 6.07) is 13.6. The van der Waals surface area contributed by atoms with Crippen LogP contribution >= 0.6 is 0 Å². The van der Waals surface area contributed by atoms with Gasteiger partial charge in [-0.05, 0) is 43.7 Å². The highest BCUT2D eigenvalue weighted by molar-refractivity contribution is 5.78. The molecule has 0 aromatic heterocycles. The largest absolute Gasteiger partial charge is 0.416 e. The highest BCUT2D eigenvalue weighted by Gasteiger charge is 2.43. The molecule has 0 bridgehead atoms. The molecule has 4 N–H and O–H groups in total. The molecule has 9 heteroatoms. The summed E-state index contributed by atoms with van der Waals surface area (Å²) in [4.78, 5) is 12.1. The minimum Gasteiger partial charge on any atom is -0.378 e. The van der Waals surface area contributed by atoms with Crippen molar-refractivity contribution in [1.82, 2.24) is 16.0 Å². The second-order valence-corrected chi connectivity index (χ2v) is 8.84. The van der Waals surface area contributed by atoms with Crippen LogP contribution in [0.3, 0.4) is 0 Å². The van der Waals surface area contributed by atoms with Crippen molar-refractivity contribution in [3.05, 3.63) is 65.2 Å². The van der Waals surface area contributed by atoms with Crippen LogP contribution in [-0.4, -0.2) is 45.2 Å². The van der Waals surface area contributed by atoms with Crippen LogP contribution in [0.25, 0.3) is 0 Å². The van der Waals surface area contributed by atoms with Gasteiger partial charge in [-0.15, -0.1) is 0 Å². The molecule has 0 spiro atoms. The number of benzene rings is 2. The second kappa shape index (κ2) is 10.8. The minimum absolute atomic E-state index is 0.0199. The zero-order chi connectivity index (χ0) is 24.1. The molecule has 1 amide bonds. The average molecular weight is 477 g/mol. The number of amides is 1. The lowest BCUT2D eigenvalue weighted by molar-refractivity contribution is -0.138. The van der Waals surface area contributed by atoms with E-state index in [1.165, 1.54) is 12.1 Å². The molecule has 4 rings (SSSR count). The molecule has 2 aliphatic rings. The third-order valence-electron chi connectivity index (χ3n) is 6.50. The number of alkyl halides is 3. The van der Waals surface area contributed by atoms with Crippen molar-refractivity contribution in [3.8, 4) is 0 Å². The van der Waals surface area contributed by atoms with Crippen molar-refractivity contribution < 1.29 is 22.7 Å². The fourth-order valence-electron chi connectivity index (χ4n) is 4.78. The quantitative estimate of drug-likeness (QED) is 0.438. The van der Waals surface area contributed by atoms with Gasteiger partial charge in [-0.2, -0.15) is 13.2 Å². The van der Waals surface area contributed by atoms with Crippen LogP contribution in [0.5, 0.6) is 0 Å². The molecule has 6 nitrogen and oxygen atoms in total. The van der Waals surface area contributed by atoms with Crippen LogP contribution < -0.4 is 21.3 Å². The van der Waals surface area contributed by atoms with Crippen LogP contribution in [0.1, 0.15) is 41.7 Å². The van der Waals surface area contributed by atoms with E-state index in [1.54, 1.807) is 0 Å². The molecular formula is C25H31F3N4O2. The lowest BCUT2D eigenvalue weighted by Crippen LogP contribution is -2.44. The number of halogens is 3. The highest BCUT2D eigenvalue weighted by atomic mass is 19.4. The molecule has 2 aromatic rings. The summed E-state index contributed by atoms with van der Waals surface area (Å²) >= 11 is 0. The Morgan fingerprint density at radius 3 is 2.65 bits per heavy atom. The predicted molar refractivity (Wildman–Crippen MR) is 124 cm³/mol. The maximum Gasteiger partial charge on any atom is 0.416 e. The normalized spacial score (nSPS) is 24.0. The molecule has 1 fully saturated rings. The number of fused-ring (bicyclic) bond motifs is 3. The van der Waals surface area contributed by atoms with Crippen molar-refractivity contribution in [3.63, 3.8) is 0 Å². The van der Waals surface area contributed by atoms with E-state index in [9.17, 15) is 18.0 Å². The van der Waals surface area contributed by atoms with E-state index in [0.29, 0.717) is 30.8 Å². The van der Waals surface area contributed by atoms with Crippen LogP contribution in [0.2, 0.25) is 0 Å². The molecule has 0 saturated carbocycles. The number of hydrogen-bond donors (Lipinski definition) is 4. The number of carbonyl (C=O) groups is 1. The van der Waals surface area contributed by atoms with E-state index >= 15 is 0 Å². The molecule has 2 heterocycles. The number of anilines is 1. The molecule has 2 aliphatic heterocycles. The van der Waals surface area contributed by atoms with Gasteiger partial charge in [-0.25, -0.2) is 0 Å². The van der Waals surface area contributed by atoms with Gasteiger partial charge < -0.3 is 26.0 Å². The topological polar surface area (TPSA) is 74.4 Å². The molecule has 0 unspecified atom stereocenters. The first kappa shape index (κ1) is 24.5. The second-order valence-electron chi connectivity index (χ2n) is 8.84. The zero-order valence-electron chi connectivity index (χ0n) is 19.1. The Morgan fingerprint density at radius 1 is 1.12 bits per heavy atom. The Labute approximate surface area is 197 Å². The molecular weight excluding hydrogens is 445 g/mol. The van der Waals surface area contributed by atoms with Gasteiger partial charge >= 0.3 is 6.18 Å². The lowest BCUT2D eigenvalue weighted by atomic mass is 9.76. The number of nitrogens with one attached hydrogen (secondary N) is 4. The fraction of sp³-hybridized carbons (Fsp3) is 0.480. The van der Waals surface area contributed by atoms with Gasteiger partial charge in [-0.1, -0.05) is 30.3 Å². The van der Waals surface area contributed by atoms with Gasteiger partial charge in [0, 0.05) is 36.8 Å². The Balaban J connectivity index is 1.51. The van der Waals surface area contributed by atoms with Crippen molar-refractivity contribution in [2.75, 3.05) is 38.5 Å². The SMILES string of the molecule is CNCCNCC(=O)NC[C@H]1CC[C@@H]2[C@H](O1)c1cc(C(F)(F)F)ccc1N[C@H]2c1ccccc1. The third kappa shape index (κ3) is 5.71. The smallest absolute Gasteiger partial charge is 0.378 e. The van der Waals surface area contributed by atoms with E-state index in [1.807, 2.05) is 37.4 Å². The zero-order valence-corrected chi connectivity index (χ0v) is 19.1. The van der Waals surface area contributed by atoms with Crippen LogP contribution in [-0.2, 0) is 15.7 Å². The van der Waals surface area contributed by atoms with E-state index < -0.39 is 17.8 Å². The fourth-order valence-corrected chi connectivity index (χ4v) is 4.78. The molecule has 184 valence electrons. The van der Waals surface area contributed by atoms with Crippen LogP contribution in [0.4, 0.5) is 18.9 Å². The summed E-state index contributed by atoms with van der Waals surface area (Å²) in [6.07, 6.45) is -3.70. The van der Waals surface area contributed by atoms with Crippen LogP contribution in [0, 0.1) is 5.92 Å². The summed E-state index contributed by atoms with van der Waals surface area (Å²) in [5.74, 6) is -0.150. The Kier molecular flexibility index (Phi) is 7.75. The molecule has 0 aliphatic carbocycles. The lowest BCUT2D eigenvalue weighted by Gasteiger charge is -2.46. The first-order valence-electron chi connectivity index (χ1n) is 11.7. The van der Waals surface area contributed by atoms with Gasteiger partial charge in [0.05, 0.1) is 30.4 Å². The average Bonchev–Trinajstić information content (AvgIpc) is 2.84. The predicted octanol–water partition coefficient (Wildman–Crippen LogP) is 3.63. The van der Waals surface area contributed by atoms with E-state index in [0.717, 1.165) is 24.6 Å². The van der Waals surface area contributed by atoms with Gasteiger partial charge in [0.1, 0.15) is 0 Å². The van der Waals surface area contributed by atoms with E-state index in [-0.39, 0.29) is 30.5 Å². The summed E-state index contributed by atoms with van der Waals surface area (Å²) in [6.45, 7) is 1.98. The highest BCUT2D eigenvalue weighted by Crippen LogP contribution is 2.51. The standard InChI is InChI=1S/C25H31F3N4O2/c1-29-11-12-30-15-22(33)31-14-18-8-9-19-23(16-5-3-2-4-6-16)32-21-10-7-17(25(26,27)28)13-20(21)24(19)34-18/h2-7,10,13,18-19,23-24,29-30,32H,8-9,11-12,14-15H2,1H3,(H,31,33)/t18-,19+,23+,24+/m1/s1. The van der Waals surface area contributed by atoms with Gasteiger partial charge in [0.2, 0.25) is 5.91 Å². The van der Waals surface area contributed by atoms with Crippen molar-refractivity contribution in [2.24, 2.45) is 5.92 Å². The monoisotopic (exact) mass is 476 g/mol. The van der Waals surface area contributed by atoms with Gasteiger partial charge in [0.25, 0.3) is 0 Å².